The van der Waals surface area contributed by atoms with Crippen LogP contribution >= 0.6 is 0 Å². The Balaban J connectivity index is 0.000000187. The standard InChI is InChI=1S/C3H3FN2.CH2O2/c4-3-5-1-2-6-3;2-1-3/h1-2H,(H,5,6);1H,(H,2,3). The predicted octanol–water partition coefficient (Wildman–Crippen LogP) is 0.250. The van der Waals surface area contributed by atoms with Gasteiger partial charge in [0.2, 0.25) is 0 Å². The van der Waals surface area contributed by atoms with E-state index >= 15 is 0 Å². The van der Waals surface area contributed by atoms with Gasteiger partial charge in [0.1, 0.15) is 0 Å². The number of nitrogens with one attached hydrogen (secondary N) is 1. The fourth-order valence-corrected chi connectivity index (χ4v) is 0.246. The lowest BCUT2D eigenvalue weighted by Crippen LogP contribution is -1.68. The maximum atomic E-state index is 11.5. The summed E-state index contributed by atoms with van der Waals surface area (Å²) in [4.78, 5) is 13.8. The maximum Gasteiger partial charge on any atom is 0.290 e. The summed E-state index contributed by atoms with van der Waals surface area (Å²) in [6, 6.07) is 0. The van der Waals surface area contributed by atoms with Crippen LogP contribution in [0.25, 0.3) is 0 Å². The monoisotopic (exact) mass is 132 g/mol. The number of halogens is 1. The Labute approximate surface area is 50.4 Å². The number of aromatic amines is 1. The number of aromatic nitrogens is 2. The van der Waals surface area contributed by atoms with Crippen LogP contribution in [-0.4, -0.2) is 21.5 Å². The highest BCUT2D eigenvalue weighted by molar-refractivity contribution is 5.32. The molecule has 0 unspecified atom stereocenters. The van der Waals surface area contributed by atoms with Crippen LogP contribution in [0, 0.1) is 6.08 Å². The van der Waals surface area contributed by atoms with Gasteiger partial charge in [0.05, 0.1) is 0 Å². The van der Waals surface area contributed by atoms with E-state index in [-0.39, 0.29) is 6.47 Å². The minimum absolute atomic E-state index is 0.250. The van der Waals surface area contributed by atoms with Crippen molar-refractivity contribution in [2.45, 2.75) is 0 Å². The largest absolute Gasteiger partial charge is 0.483 e. The Kier molecular flexibility index (Phi) is 4.03. The molecule has 0 bridgehead atoms. The molecule has 9 heavy (non-hydrogen) atoms. The average molecular weight is 132 g/mol. The molecule has 0 saturated carbocycles. The molecule has 0 saturated heterocycles. The van der Waals surface area contributed by atoms with Crippen molar-refractivity contribution >= 4 is 6.47 Å². The number of rotatable bonds is 0. The van der Waals surface area contributed by atoms with E-state index in [0.717, 1.165) is 0 Å². The number of H-pyrrole nitrogens is 1. The highest BCUT2D eigenvalue weighted by Gasteiger charge is 1.79. The van der Waals surface area contributed by atoms with Crippen LogP contribution in [0.3, 0.4) is 0 Å². The van der Waals surface area contributed by atoms with E-state index in [1.807, 2.05) is 0 Å². The van der Waals surface area contributed by atoms with Crippen molar-refractivity contribution < 1.29 is 14.3 Å². The van der Waals surface area contributed by atoms with E-state index in [4.69, 9.17) is 9.90 Å². The molecule has 0 atom stereocenters. The zero-order valence-corrected chi connectivity index (χ0v) is 4.41. The molecule has 0 radical (unpaired) electrons. The first kappa shape index (κ1) is 7.61. The third kappa shape index (κ3) is 4.46. The minimum atomic E-state index is -0.532. The molecule has 0 aliphatic heterocycles. The highest BCUT2D eigenvalue weighted by Crippen LogP contribution is 1.78. The van der Waals surface area contributed by atoms with E-state index in [1.54, 1.807) is 0 Å². The lowest BCUT2D eigenvalue weighted by atomic mass is 11.0. The lowest BCUT2D eigenvalue weighted by Gasteiger charge is -1.63. The second kappa shape index (κ2) is 4.76. The first-order valence-corrected chi connectivity index (χ1v) is 2.04. The van der Waals surface area contributed by atoms with E-state index < -0.39 is 6.08 Å². The first-order valence-electron chi connectivity index (χ1n) is 2.04. The molecule has 5 heteroatoms. The molecule has 0 spiro atoms. The molecular weight excluding hydrogens is 127 g/mol. The van der Waals surface area contributed by atoms with Crippen LogP contribution in [0.1, 0.15) is 0 Å². The van der Waals surface area contributed by atoms with Gasteiger partial charge in [-0.15, -0.1) is 0 Å². The number of imidazole rings is 1. The van der Waals surface area contributed by atoms with E-state index in [9.17, 15) is 4.39 Å². The van der Waals surface area contributed by atoms with Crippen LogP contribution in [0.4, 0.5) is 4.39 Å². The van der Waals surface area contributed by atoms with Gasteiger partial charge in [-0.25, -0.2) is 4.98 Å². The van der Waals surface area contributed by atoms with Crippen molar-refractivity contribution in [2.75, 3.05) is 0 Å². The Morgan fingerprint density at radius 2 is 2.44 bits per heavy atom. The lowest BCUT2D eigenvalue weighted by molar-refractivity contribution is -0.122. The summed E-state index contributed by atoms with van der Waals surface area (Å²) in [5.74, 6) is 0. The van der Waals surface area contributed by atoms with E-state index in [0.29, 0.717) is 0 Å². The van der Waals surface area contributed by atoms with Crippen LogP contribution in [-0.2, 0) is 4.79 Å². The minimum Gasteiger partial charge on any atom is -0.483 e. The van der Waals surface area contributed by atoms with Crippen molar-refractivity contribution in [1.29, 1.82) is 0 Å². The molecular formula is C4H5FN2O2. The van der Waals surface area contributed by atoms with Crippen LogP contribution in [0.5, 0.6) is 0 Å². The number of carboxylic acid groups (broad SMARTS) is 1. The molecule has 0 amide bonds. The normalized spacial score (nSPS) is 7.22. The van der Waals surface area contributed by atoms with Gasteiger partial charge in [0.25, 0.3) is 12.6 Å². The average Bonchev–Trinajstić information content (AvgIpc) is 2.20. The Hall–Kier alpha value is -1.39. The van der Waals surface area contributed by atoms with Gasteiger partial charge < -0.3 is 10.1 Å². The second-order valence-electron chi connectivity index (χ2n) is 0.985. The molecule has 0 aromatic carbocycles. The van der Waals surface area contributed by atoms with Gasteiger partial charge in [-0.05, 0) is 0 Å². The molecule has 1 rings (SSSR count). The fraction of sp³-hybridized carbons (Fsp3) is 0. The van der Waals surface area contributed by atoms with Crippen LogP contribution in [0.2, 0.25) is 0 Å². The van der Waals surface area contributed by atoms with Gasteiger partial charge in [-0.1, -0.05) is 0 Å². The van der Waals surface area contributed by atoms with Gasteiger partial charge in [0.15, 0.2) is 0 Å². The Morgan fingerprint density at radius 3 is 2.56 bits per heavy atom. The van der Waals surface area contributed by atoms with Crippen molar-refractivity contribution in [3.05, 3.63) is 18.5 Å². The number of carbonyl (C=O) groups is 1. The smallest absolute Gasteiger partial charge is 0.290 e. The first-order chi connectivity index (χ1) is 4.31. The van der Waals surface area contributed by atoms with Gasteiger partial charge in [0, 0.05) is 12.4 Å². The third-order valence-corrected chi connectivity index (χ3v) is 0.465. The molecule has 2 N–H and O–H groups in total. The summed E-state index contributed by atoms with van der Waals surface area (Å²) in [6.07, 6.45) is 2.25. The molecule has 1 heterocycles. The summed E-state index contributed by atoms with van der Waals surface area (Å²) in [7, 11) is 0. The van der Waals surface area contributed by atoms with Crippen molar-refractivity contribution in [2.24, 2.45) is 0 Å². The number of hydrogen-bond donors (Lipinski definition) is 2. The van der Waals surface area contributed by atoms with Crippen molar-refractivity contribution in [3.8, 4) is 0 Å². The zero-order valence-electron chi connectivity index (χ0n) is 4.41. The summed E-state index contributed by atoms with van der Waals surface area (Å²) >= 11 is 0. The molecule has 0 fully saturated rings. The molecule has 0 aliphatic carbocycles. The second-order valence-corrected chi connectivity index (χ2v) is 0.985. The maximum absolute atomic E-state index is 11.5. The quantitative estimate of drug-likeness (QED) is 0.497. The molecule has 1 aromatic rings. The molecule has 4 nitrogen and oxygen atoms in total. The van der Waals surface area contributed by atoms with Gasteiger partial charge in [-0.3, -0.25) is 4.79 Å². The van der Waals surface area contributed by atoms with E-state index in [1.165, 1.54) is 12.4 Å². The molecule has 1 aromatic heterocycles. The topological polar surface area (TPSA) is 66.0 Å². The predicted molar refractivity (Wildman–Crippen MR) is 27.2 cm³/mol. The summed E-state index contributed by atoms with van der Waals surface area (Å²) in [5.41, 5.74) is 0. The SMILES string of the molecule is Fc1ncc[nH]1.O=CO. The van der Waals surface area contributed by atoms with Gasteiger partial charge in [-0.2, -0.15) is 4.39 Å². The van der Waals surface area contributed by atoms with E-state index in [2.05, 4.69) is 9.97 Å². The van der Waals surface area contributed by atoms with Crippen molar-refractivity contribution in [3.63, 3.8) is 0 Å². The zero-order chi connectivity index (χ0) is 7.11. The third-order valence-electron chi connectivity index (χ3n) is 0.465. The summed E-state index contributed by atoms with van der Waals surface area (Å²) < 4.78 is 11.5. The summed E-state index contributed by atoms with van der Waals surface area (Å²) in [5, 5.41) is 6.89. The van der Waals surface area contributed by atoms with Crippen LogP contribution in [0.15, 0.2) is 12.4 Å². The molecule has 0 aliphatic rings. The highest BCUT2D eigenvalue weighted by atomic mass is 19.1. The fourth-order valence-electron chi connectivity index (χ4n) is 0.246. The Morgan fingerprint density at radius 1 is 1.89 bits per heavy atom. The van der Waals surface area contributed by atoms with Gasteiger partial charge >= 0.3 is 0 Å². The molecule has 50 valence electrons. The number of hydrogen-bond acceptors (Lipinski definition) is 2. The Bertz CT molecular complexity index is 152. The number of nitrogens with zero attached hydrogens (tertiary/aromatic N) is 1. The van der Waals surface area contributed by atoms with Crippen LogP contribution < -0.4 is 0 Å². The van der Waals surface area contributed by atoms with Crippen molar-refractivity contribution in [1.82, 2.24) is 9.97 Å². The summed E-state index contributed by atoms with van der Waals surface area (Å²) in [6.45, 7) is -0.250.